The second-order valence-electron chi connectivity index (χ2n) is 4.16. The zero-order valence-corrected chi connectivity index (χ0v) is 10.7. The summed E-state index contributed by atoms with van der Waals surface area (Å²) >= 11 is 0.714. The summed E-state index contributed by atoms with van der Waals surface area (Å²) in [7, 11) is -0.812. The predicted octanol–water partition coefficient (Wildman–Crippen LogP) is 2.31. The van der Waals surface area contributed by atoms with Gasteiger partial charge < -0.3 is 0 Å². The fourth-order valence-electron chi connectivity index (χ4n) is 0.817. The van der Waals surface area contributed by atoms with Crippen molar-refractivity contribution >= 4 is 27.5 Å². The van der Waals surface area contributed by atoms with Gasteiger partial charge in [0.15, 0.2) is 0 Å². The van der Waals surface area contributed by atoms with Crippen molar-refractivity contribution in [3.8, 4) is 0 Å². The summed E-state index contributed by atoms with van der Waals surface area (Å²) in [5, 5.41) is 0. The maximum atomic E-state index is 2.44. The molecule has 0 bridgehead atoms. The van der Waals surface area contributed by atoms with Crippen LogP contribution in [0.4, 0.5) is 0 Å². The minimum absolute atomic E-state index is 0.714. The van der Waals surface area contributed by atoms with E-state index < -0.39 is 8.07 Å². The van der Waals surface area contributed by atoms with E-state index in [1.54, 1.807) is 4.46 Å². The van der Waals surface area contributed by atoms with Gasteiger partial charge in [0.2, 0.25) is 0 Å². The standard InChI is InChI=1S/C10H16SeSi/c1-12(2,3)9-11-10-7-5-4-6-8-10/h4-8H,9H2,1-3H3. The third-order valence-electron chi connectivity index (χ3n) is 1.42. The Morgan fingerprint density at radius 3 is 2.17 bits per heavy atom. The van der Waals surface area contributed by atoms with Gasteiger partial charge in [-0.25, -0.2) is 0 Å². The van der Waals surface area contributed by atoms with Gasteiger partial charge in [-0.2, -0.15) is 0 Å². The topological polar surface area (TPSA) is 0 Å². The molecule has 0 heterocycles. The Balaban J connectivity index is 2.44. The first-order chi connectivity index (χ1) is 5.58. The Morgan fingerprint density at radius 1 is 1.08 bits per heavy atom. The summed E-state index contributed by atoms with van der Waals surface area (Å²) in [6.07, 6.45) is 0. The van der Waals surface area contributed by atoms with Gasteiger partial charge in [-0.05, 0) is 0 Å². The Bertz CT molecular complexity index is 225. The molecule has 0 amide bonds. The molecule has 1 rings (SSSR count). The maximum absolute atomic E-state index is 2.44. The van der Waals surface area contributed by atoms with Crippen molar-refractivity contribution in [2.24, 2.45) is 0 Å². The summed E-state index contributed by atoms with van der Waals surface area (Å²) in [5.41, 5.74) is 0. The second kappa shape index (κ2) is 4.27. The molecule has 0 unspecified atom stereocenters. The molecule has 0 saturated carbocycles. The van der Waals surface area contributed by atoms with E-state index in [9.17, 15) is 0 Å². The monoisotopic (exact) mass is 244 g/mol. The zero-order valence-electron chi connectivity index (χ0n) is 8.00. The van der Waals surface area contributed by atoms with E-state index in [1.165, 1.54) is 4.94 Å². The molecule has 0 saturated heterocycles. The number of hydrogen-bond acceptors (Lipinski definition) is 0. The summed E-state index contributed by atoms with van der Waals surface area (Å²) in [5.74, 6) is 0. The third-order valence-corrected chi connectivity index (χ3v) is 10.1. The summed E-state index contributed by atoms with van der Waals surface area (Å²) in [6, 6.07) is 10.9. The molecule has 0 nitrogen and oxygen atoms in total. The predicted molar refractivity (Wildman–Crippen MR) is 60.0 cm³/mol. The van der Waals surface area contributed by atoms with Gasteiger partial charge in [0.05, 0.1) is 0 Å². The molecule has 0 radical (unpaired) electrons. The Morgan fingerprint density at radius 2 is 1.67 bits per heavy atom. The van der Waals surface area contributed by atoms with Crippen molar-refractivity contribution in [1.29, 1.82) is 0 Å². The Kier molecular flexibility index (Phi) is 3.57. The van der Waals surface area contributed by atoms with E-state index in [-0.39, 0.29) is 0 Å². The van der Waals surface area contributed by atoms with Crippen LogP contribution >= 0.6 is 0 Å². The third kappa shape index (κ3) is 4.10. The normalized spacial score (nSPS) is 11.6. The van der Waals surface area contributed by atoms with Crippen LogP contribution in [0.5, 0.6) is 0 Å². The average molecular weight is 243 g/mol. The fraction of sp³-hybridized carbons (Fsp3) is 0.400. The van der Waals surface area contributed by atoms with Crippen molar-refractivity contribution in [2.45, 2.75) is 24.6 Å². The molecule has 0 N–H and O–H groups in total. The molecule has 1 aromatic carbocycles. The van der Waals surface area contributed by atoms with Crippen LogP contribution in [0.3, 0.4) is 0 Å². The van der Waals surface area contributed by atoms with Crippen molar-refractivity contribution in [2.75, 3.05) is 0 Å². The minimum atomic E-state index is -0.812. The van der Waals surface area contributed by atoms with Gasteiger partial charge in [0.1, 0.15) is 0 Å². The molecule has 0 aliphatic rings. The molecule has 0 spiro atoms. The summed E-state index contributed by atoms with van der Waals surface area (Å²) in [6.45, 7) is 7.33. The van der Waals surface area contributed by atoms with Crippen LogP contribution in [0, 0.1) is 0 Å². The summed E-state index contributed by atoms with van der Waals surface area (Å²) in [4.78, 5) is 1.46. The molecule has 0 aliphatic carbocycles. The van der Waals surface area contributed by atoms with Crippen molar-refractivity contribution in [3.63, 3.8) is 0 Å². The molecule has 0 fully saturated rings. The van der Waals surface area contributed by atoms with Crippen LogP contribution in [-0.4, -0.2) is 23.0 Å². The molecule has 0 aliphatic heterocycles. The Labute approximate surface area is 82.6 Å². The fourth-order valence-corrected chi connectivity index (χ4v) is 5.92. The zero-order chi connectivity index (χ0) is 9.03. The molecule has 0 aromatic heterocycles. The van der Waals surface area contributed by atoms with Crippen molar-refractivity contribution in [3.05, 3.63) is 30.3 Å². The van der Waals surface area contributed by atoms with E-state index >= 15 is 0 Å². The van der Waals surface area contributed by atoms with Crippen LogP contribution in [0.15, 0.2) is 30.3 Å². The number of benzene rings is 1. The first-order valence-electron chi connectivity index (χ1n) is 4.26. The number of hydrogen-bond donors (Lipinski definition) is 0. The van der Waals surface area contributed by atoms with Gasteiger partial charge >= 0.3 is 82.4 Å². The van der Waals surface area contributed by atoms with Crippen LogP contribution in [0.2, 0.25) is 24.6 Å². The van der Waals surface area contributed by atoms with E-state index in [0.29, 0.717) is 15.0 Å². The molecule has 0 atom stereocenters. The molecular formula is C10H16SeSi. The van der Waals surface area contributed by atoms with E-state index in [1.807, 2.05) is 0 Å². The van der Waals surface area contributed by atoms with Crippen molar-refractivity contribution < 1.29 is 0 Å². The molecule has 2 heteroatoms. The van der Waals surface area contributed by atoms with Crippen LogP contribution < -0.4 is 4.46 Å². The second-order valence-corrected chi connectivity index (χ2v) is 13.0. The molecule has 12 heavy (non-hydrogen) atoms. The number of rotatable bonds is 3. The van der Waals surface area contributed by atoms with Gasteiger partial charge in [0.25, 0.3) is 0 Å². The van der Waals surface area contributed by atoms with Gasteiger partial charge in [-0.1, -0.05) is 0 Å². The van der Waals surface area contributed by atoms with Crippen LogP contribution in [-0.2, 0) is 0 Å². The van der Waals surface area contributed by atoms with E-state index in [2.05, 4.69) is 50.0 Å². The van der Waals surface area contributed by atoms with Crippen LogP contribution in [0.25, 0.3) is 0 Å². The first kappa shape index (κ1) is 10.0. The SMILES string of the molecule is C[Si](C)(C)C[Se]c1ccccc1. The average Bonchev–Trinajstić information content (AvgIpc) is 2.02. The van der Waals surface area contributed by atoms with Gasteiger partial charge in [-0.3, -0.25) is 0 Å². The first-order valence-corrected chi connectivity index (χ1v) is 10.0. The quantitative estimate of drug-likeness (QED) is 0.715. The van der Waals surface area contributed by atoms with Crippen LogP contribution in [0.1, 0.15) is 0 Å². The summed E-state index contributed by atoms with van der Waals surface area (Å²) < 4.78 is 1.55. The molecular weight excluding hydrogens is 227 g/mol. The van der Waals surface area contributed by atoms with Gasteiger partial charge in [-0.15, -0.1) is 0 Å². The van der Waals surface area contributed by atoms with E-state index in [4.69, 9.17) is 0 Å². The van der Waals surface area contributed by atoms with Crippen molar-refractivity contribution in [1.82, 2.24) is 0 Å². The Hall–Kier alpha value is -0.0436. The molecule has 1 aromatic rings. The van der Waals surface area contributed by atoms with Gasteiger partial charge in [0, 0.05) is 0 Å². The molecule has 66 valence electrons. The van der Waals surface area contributed by atoms with E-state index in [0.717, 1.165) is 0 Å².